The van der Waals surface area contributed by atoms with Crippen molar-refractivity contribution < 1.29 is 19.1 Å². The van der Waals surface area contributed by atoms with Crippen LogP contribution in [-0.2, 0) is 14.3 Å². The van der Waals surface area contributed by atoms with Gasteiger partial charge in [0.2, 0.25) is 6.29 Å². The van der Waals surface area contributed by atoms with Crippen molar-refractivity contribution in [3.8, 4) is 0 Å². The lowest BCUT2D eigenvalue weighted by atomic mass is 10.0. The van der Waals surface area contributed by atoms with Crippen molar-refractivity contribution in [2.45, 2.75) is 26.6 Å². The molecule has 0 bridgehead atoms. The van der Waals surface area contributed by atoms with Gasteiger partial charge in [-0.15, -0.1) is 0 Å². The summed E-state index contributed by atoms with van der Waals surface area (Å²) in [6, 6.07) is 5.39. The van der Waals surface area contributed by atoms with Crippen LogP contribution in [0.1, 0.15) is 27.9 Å². The van der Waals surface area contributed by atoms with E-state index < -0.39 is 6.29 Å². The Balaban J connectivity index is 2.76. The van der Waals surface area contributed by atoms with Gasteiger partial charge in [0.05, 0.1) is 6.42 Å². The summed E-state index contributed by atoms with van der Waals surface area (Å²) in [6.07, 6.45) is -1.19. The Kier molecular flexibility index (Phi) is 5.19. The molecule has 0 spiro atoms. The molecule has 98 valence electrons. The van der Waals surface area contributed by atoms with Gasteiger partial charge in [0.15, 0.2) is 11.6 Å². The van der Waals surface area contributed by atoms with Gasteiger partial charge in [0, 0.05) is 19.8 Å². The van der Waals surface area contributed by atoms with Crippen LogP contribution in [-0.4, -0.2) is 32.1 Å². The number of Topliss-reactive ketones (excluding diaryl/α,β-unsaturated/α-hetero) is 2. The van der Waals surface area contributed by atoms with Crippen LogP contribution in [0.15, 0.2) is 18.2 Å². The molecule has 1 aromatic carbocycles. The number of methoxy groups -OCH3 is 2. The summed E-state index contributed by atoms with van der Waals surface area (Å²) in [7, 11) is 2.74. The first-order chi connectivity index (χ1) is 8.49. The maximum absolute atomic E-state index is 11.9. The fraction of sp³-hybridized carbons (Fsp3) is 0.429. The van der Waals surface area contributed by atoms with Crippen LogP contribution >= 0.6 is 0 Å². The highest BCUT2D eigenvalue weighted by Crippen LogP contribution is 2.12. The summed E-state index contributed by atoms with van der Waals surface area (Å²) in [5, 5.41) is 0. The van der Waals surface area contributed by atoms with E-state index in [1.807, 2.05) is 19.9 Å². The van der Waals surface area contributed by atoms with Crippen molar-refractivity contribution in [2.24, 2.45) is 0 Å². The normalized spacial score (nSPS) is 10.7. The van der Waals surface area contributed by atoms with E-state index in [1.165, 1.54) is 14.2 Å². The lowest BCUT2D eigenvalue weighted by molar-refractivity contribution is -0.155. The maximum Gasteiger partial charge on any atom is 0.217 e. The summed E-state index contributed by atoms with van der Waals surface area (Å²) in [5.41, 5.74) is 2.69. The second-order valence-corrected chi connectivity index (χ2v) is 4.17. The van der Waals surface area contributed by atoms with E-state index >= 15 is 0 Å². The van der Waals surface area contributed by atoms with Gasteiger partial charge in [-0.05, 0) is 31.0 Å². The third-order valence-electron chi connectivity index (χ3n) is 2.85. The predicted octanol–water partition coefficient (Wildman–Crippen LogP) is 2.06. The molecule has 0 aliphatic rings. The maximum atomic E-state index is 11.9. The smallest absolute Gasteiger partial charge is 0.217 e. The minimum Gasteiger partial charge on any atom is -0.349 e. The first-order valence-corrected chi connectivity index (χ1v) is 5.68. The number of hydrogen-bond acceptors (Lipinski definition) is 4. The lowest BCUT2D eigenvalue weighted by Gasteiger charge is -2.11. The molecule has 0 fully saturated rings. The number of carbonyl (C=O) groups excluding carboxylic acids is 2. The Labute approximate surface area is 107 Å². The van der Waals surface area contributed by atoms with Crippen LogP contribution in [0.4, 0.5) is 0 Å². The van der Waals surface area contributed by atoms with Crippen LogP contribution in [0.5, 0.6) is 0 Å². The molecular weight excluding hydrogens is 232 g/mol. The first kappa shape index (κ1) is 14.5. The highest BCUT2D eigenvalue weighted by molar-refractivity contribution is 6.08. The van der Waals surface area contributed by atoms with E-state index in [1.54, 1.807) is 12.1 Å². The van der Waals surface area contributed by atoms with E-state index in [9.17, 15) is 9.59 Å². The van der Waals surface area contributed by atoms with Gasteiger partial charge in [-0.25, -0.2) is 0 Å². The Morgan fingerprint density at radius 1 is 1.11 bits per heavy atom. The summed E-state index contributed by atoms with van der Waals surface area (Å²) in [5.74, 6) is -0.592. The third kappa shape index (κ3) is 3.48. The number of ether oxygens (including phenoxy) is 2. The lowest BCUT2D eigenvalue weighted by Crippen LogP contribution is -2.27. The summed E-state index contributed by atoms with van der Waals surface area (Å²) in [4.78, 5) is 23.6. The van der Waals surface area contributed by atoms with E-state index in [0.29, 0.717) is 5.56 Å². The molecule has 0 aromatic heterocycles. The molecule has 0 saturated heterocycles. The Bertz CT molecular complexity index is 447. The van der Waals surface area contributed by atoms with Gasteiger partial charge >= 0.3 is 0 Å². The summed E-state index contributed by atoms with van der Waals surface area (Å²) >= 11 is 0. The molecule has 0 atom stereocenters. The third-order valence-corrected chi connectivity index (χ3v) is 2.85. The second-order valence-electron chi connectivity index (χ2n) is 4.17. The standard InChI is InChI=1S/C14H18O4/c1-9-5-6-11(7-10(9)2)12(15)8-13(16)14(17-3)18-4/h5-7,14H,8H2,1-4H3. The zero-order valence-electron chi connectivity index (χ0n) is 11.1. The molecule has 4 nitrogen and oxygen atoms in total. The highest BCUT2D eigenvalue weighted by atomic mass is 16.7. The van der Waals surface area contributed by atoms with Gasteiger partial charge in [-0.3, -0.25) is 9.59 Å². The molecule has 0 heterocycles. The highest BCUT2D eigenvalue weighted by Gasteiger charge is 2.20. The SMILES string of the molecule is COC(OC)C(=O)CC(=O)c1ccc(C)c(C)c1. The summed E-state index contributed by atoms with van der Waals surface area (Å²) in [6.45, 7) is 3.90. The van der Waals surface area contributed by atoms with Gasteiger partial charge in [0.25, 0.3) is 0 Å². The van der Waals surface area contributed by atoms with Crippen molar-refractivity contribution in [1.82, 2.24) is 0 Å². The zero-order valence-corrected chi connectivity index (χ0v) is 11.1. The number of carbonyl (C=O) groups is 2. The summed E-state index contributed by atoms with van der Waals surface area (Å²) < 4.78 is 9.63. The molecular formula is C14H18O4. The molecule has 1 aromatic rings. The minimum absolute atomic E-state index is 0.213. The van der Waals surface area contributed by atoms with Crippen LogP contribution in [0.2, 0.25) is 0 Å². The van der Waals surface area contributed by atoms with Crippen molar-refractivity contribution in [3.05, 3.63) is 34.9 Å². The average Bonchev–Trinajstić information content (AvgIpc) is 2.34. The van der Waals surface area contributed by atoms with E-state index in [-0.39, 0.29) is 18.0 Å². The molecule has 18 heavy (non-hydrogen) atoms. The molecule has 0 saturated carbocycles. The number of benzene rings is 1. The van der Waals surface area contributed by atoms with E-state index in [2.05, 4.69) is 0 Å². The fourth-order valence-electron chi connectivity index (χ4n) is 1.62. The second kappa shape index (κ2) is 6.42. The van der Waals surface area contributed by atoms with Crippen LogP contribution in [0.3, 0.4) is 0 Å². The van der Waals surface area contributed by atoms with Gasteiger partial charge in [-0.1, -0.05) is 12.1 Å². The van der Waals surface area contributed by atoms with Crippen LogP contribution in [0, 0.1) is 13.8 Å². The Morgan fingerprint density at radius 3 is 2.22 bits per heavy atom. The van der Waals surface area contributed by atoms with E-state index in [0.717, 1.165) is 11.1 Å². The molecule has 1 rings (SSSR count). The number of ketones is 2. The van der Waals surface area contributed by atoms with Crippen LogP contribution in [0.25, 0.3) is 0 Å². The van der Waals surface area contributed by atoms with Crippen LogP contribution < -0.4 is 0 Å². The number of aryl methyl sites for hydroxylation is 2. The fourth-order valence-corrected chi connectivity index (χ4v) is 1.62. The first-order valence-electron chi connectivity index (χ1n) is 5.68. The molecule has 0 aliphatic carbocycles. The Hall–Kier alpha value is -1.52. The van der Waals surface area contributed by atoms with Gasteiger partial charge < -0.3 is 9.47 Å². The average molecular weight is 250 g/mol. The number of rotatable bonds is 6. The van der Waals surface area contributed by atoms with Crippen molar-refractivity contribution >= 4 is 11.6 Å². The minimum atomic E-state index is -0.972. The van der Waals surface area contributed by atoms with Crippen molar-refractivity contribution in [2.75, 3.05) is 14.2 Å². The van der Waals surface area contributed by atoms with Crippen molar-refractivity contribution in [1.29, 1.82) is 0 Å². The zero-order chi connectivity index (χ0) is 13.7. The van der Waals surface area contributed by atoms with E-state index in [4.69, 9.17) is 9.47 Å². The molecule has 4 heteroatoms. The molecule has 0 N–H and O–H groups in total. The monoisotopic (exact) mass is 250 g/mol. The predicted molar refractivity (Wildman–Crippen MR) is 67.7 cm³/mol. The van der Waals surface area contributed by atoms with Gasteiger partial charge in [0.1, 0.15) is 0 Å². The molecule has 0 radical (unpaired) electrons. The quantitative estimate of drug-likeness (QED) is 0.440. The largest absolute Gasteiger partial charge is 0.349 e. The molecule has 0 unspecified atom stereocenters. The molecule has 0 amide bonds. The van der Waals surface area contributed by atoms with Crippen molar-refractivity contribution in [3.63, 3.8) is 0 Å². The Morgan fingerprint density at radius 2 is 1.72 bits per heavy atom. The topological polar surface area (TPSA) is 52.6 Å². The molecule has 0 aliphatic heterocycles. The number of hydrogen-bond donors (Lipinski definition) is 0. The van der Waals surface area contributed by atoms with Gasteiger partial charge in [-0.2, -0.15) is 0 Å².